The van der Waals surface area contributed by atoms with E-state index in [-0.39, 0.29) is 22.7 Å². The van der Waals surface area contributed by atoms with Gasteiger partial charge in [0.1, 0.15) is 0 Å². The molecule has 8 heteroatoms. The van der Waals surface area contributed by atoms with Crippen molar-refractivity contribution in [2.24, 2.45) is 0 Å². The highest BCUT2D eigenvalue weighted by atomic mass is 35.5. The minimum atomic E-state index is -4.48. The van der Waals surface area contributed by atoms with E-state index in [2.05, 4.69) is 10.6 Å². The molecule has 0 spiro atoms. The van der Waals surface area contributed by atoms with E-state index in [0.29, 0.717) is 16.3 Å². The number of halogens is 5. The van der Waals surface area contributed by atoms with Crippen LogP contribution in [0.25, 0.3) is 0 Å². The smallest absolute Gasteiger partial charge is 0.354 e. The normalized spacial score (nSPS) is 15.0. The second kappa shape index (κ2) is 7.98. The van der Waals surface area contributed by atoms with Gasteiger partial charge in [-0.1, -0.05) is 36.0 Å². The molecule has 144 valence electrons. The average Bonchev–Trinajstić information content (AvgIpc) is 3.08. The number of hydrogen-bond acceptors (Lipinski definition) is 2. The van der Waals surface area contributed by atoms with Gasteiger partial charge in [-0.25, -0.2) is 0 Å². The molecule has 3 rings (SSSR count). The van der Waals surface area contributed by atoms with Crippen LogP contribution < -0.4 is 10.6 Å². The van der Waals surface area contributed by atoms with Crippen LogP contribution in [0.1, 0.15) is 41.6 Å². The zero-order chi connectivity index (χ0) is 19.6. The van der Waals surface area contributed by atoms with Crippen LogP contribution in [-0.2, 0) is 6.18 Å². The number of nitrogens with one attached hydrogen (secondary N) is 2. The van der Waals surface area contributed by atoms with Gasteiger partial charge in [-0.2, -0.15) is 13.2 Å². The number of anilines is 2. The lowest BCUT2D eigenvalue weighted by atomic mass is 10.1. The zero-order valence-electron chi connectivity index (χ0n) is 14.2. The molecule has 1 aliphatic rings. The fourth-order valence-electron chi connectivity index (χ4n) is 3.09. The van der Waals surface area contributed by atoms with Crippen LogP contribution in [0.4, 0.5) is 24.5 Å². The van der Waals surface area contributed by atoms with Crippen molar-refractivity contribution in [1.29, 1.82) is 0 Å². The fraction of sp³-hybridized carbons (Fsp3) is 0.316. The molecule has 0 saturated heterocycles. The number of carbonyl (C=O) groups is 1. The number of benzene rings is 2. The molecule has 1 saturated carbocycles. The van der Waals surface area contributed by atoms with Crippen molar-refractivity contribution < 1.29 is 18.0 Å². The molecule has 0 unspecified atom stereocenters. The Morgan fingerprint density at radius 2 is 1.70 bits per heavy atom. The number of amides is 1. The molecule has 2 aromatic carbocycles. The van der Waals surface area contributed by atoms with Gasteiger partial charge in [-0.3, -0.25) is 4.79 Å². The van der Waals surface area contributed by atoms with E-state index in [9.17, 15) is 18.0 Å². The summed E-state index contributed by atoms with van der Waals surface area (Å²) in [5, 5.41) is 6.18. The molecule has 0 atom stereocenters. The summed E-state index contributed by atoms with van der Waals surface area (Å²) in [6.07, 6.45) is -0.445. The van der Waals surface area contributed by atoms with Crippen LogP contribution in [0.5, 0.6) is 0 Å². The summed E-state index contributed by atoms with van der Waals surface area (Å²) in [4.78, 5) is 12.6. The van der Waals surface area contributed by atoms with Crippen LogP contribution in [0.2, 0.25) is 10.0 Å². The van der Waals surface area contributed by atoms with Gasteiger partial charge in [0.05, 0.1) is 27.5 Å². The molecule has 1 aliphatic carbocycles. The van der Waals surface area contributed by atoms with Gasteiger partial charge >= 0.3 is 6.18 Å². The van der Waals surface area contributed by atoms with Gasteiger partial charge in [-0.05, 0) is 49.2 Å². The molecule has 2 aromatic rings. The Morgan fingerprint density at radius 3 is 2.33 bits per heavy atom. The molecule has 27 heavy (non-hydrogen) atoms. The Hall–Kier alpha value is -1.92. The summed E-state index contributed by atoms with van der Waals surface area (Å²) in [6.45, 7) is 0. The van der Waals surface area contributed by atoms with Crippen molar-refractivity contribution >= 4 is 40.5 Å². The van der Waals surface area contributed by atoms with E-state index in [1.807, 2.05) is 0 Å². The van der Waals surface area contributed by atoms with Crippen molar-refractivity contribution in [3.8, 4) is 0 Å². The molecule has 0 aliphatic heterocycles. The first-order valence-corrected chi connectivity index (χ1v) is 9.24. The fourth-order valence-corrected chi connectivity index (χ4v) is 3.49. The van der Waals surface area contributed by atoms with Crippen molar-refractivity contribution in [1.82, 2.24) is 5.32 Å². The van der Waals surface area contributed by atoms with Crippen molar-refractivity contribution in [2.45, 2.75) is 37.9 Å². The summed E-state index contributed by atoms with van der Waals surface area (Å²) in [6, 6.07) is 7.83. The van der Waals surface area contributed by atoms with Gasteiger partial charge in [0.15, 0.2) is 0 Å². The maximum Gasteiger partial charge on any atom is 0.416 e. The minimum absolute atomic E-state index is 0.105. The molecule has 1 amide bonds. The maximum atomic E-state index is 12.8. The molecule has 0 aromatic heterocycles. The average molecular weight is 417 g/mol. The Morgan fingerprint density at radius 1 is 1.00 bits per heavy atom. The first-order valence-electron chi connectivity index (χ1n) is 8.48. The van der Waals surface area contributed by atoms with Crippen LogP contribution in [0, 0.1) is 0 Å². The predicted octanol–water partition coefficient (Wildman–Crippen LogP) is 6.43. The topological polar surface area (TPSA) is 41.1 Å². The molecule has 2 N–H and O–H groups in total. The summed E-state index contributed by atoms with van der Waals surface area (Å²) in [7, 11) is 0. The first-order chi connectivity index (χ1) is 12.7. The SMILES string of the molecule is O=C(NC1CCCC1)c1ccc(Cl)cc1Nc1ccc(C(F)(F)F)cc1Cl. The van der Waals surface area contributed by atoms with Crippen LogP contribution in [-0.4, -0.2) is 11.9 Å². The summed E-state index contributed by atoms with van der Waals surface area (Å²) in [5.74, 6) is -0.260. The van der Waals surface area contributed by atoms with E-state index in [1.54, 1.807) is 18.2 Å². The lowest BCUT2D eigenvalue weighted by Gasteiger charge is -2.17. The largest absolute Gasteiger partial charge is 0.416 e. The number of alkyl halides is 3. The van der Waals surface area contributed by atoms with Gasteiger partial charge in [-0.15, -0.1) is 0 Å². The molecule has 1 fully saturated rings. The van der Waals surface area contributed by atoms with E-state index in [4.69, 9.17) is 23.2 Å². The maximum absolute atomic E-state index is 12.8. The predicted molar refractivity (Wildman–Crippen MR) is 101 cm³/mol. The molecular formula is C19H17Cl2F3N2O. The molecular weight excluding hydrogens is 400 g/mol. The van der Waals surface area contributed by atoms with Crippen LogP contribution in [0.3, 0.4) is 0 Å². The van der Waals surface area contributed by atoms with E-state index in [1.165, 1.54) is 6.07 Å². The minimum Gasteiger partial charge on any atom is -0.354 e. The Labute approximate surface area is 164 Å². The van der Waals surface area contributed by atoms with E-state index < -0.39 is 11.7 Å². The van der Waals surface area contributed by atoms with Gasteiger partial charge in [0.25, 0.3) is 5.91 Å². The quantitative estimate of drug-likeness (QED) is 0.602. The summed E-state index contributed by atoms with van der Waals surface area (Å²) in [5.41, 5.74) is 0.132. The summed E-state index contributed by atoms with van der Waals surface area (Å²) >= 11 is 12.0. The zero-order valence-corrected chi connectivity index (χ0v) is 15.7. The van der Waals surface area contributed by atoms with Gasteiger partial charge in [0.2, 0.25) is 0 Å². The van der Waals surface area contributed by atoms with E-state index in [0.717, 1.165) is 37.8 Å². The third kappa shape index (κ3) is 4.87. The molecule has 0 bridgehead atoms. The highest BCUT2D eigenvalue weighted by Crippen LogP contribution is 2.35. The third-order valence-corrected chi connectivity index (χ3v) is 5.03. The monoisotopic (exact) mass is 416 g/mol. The number of carbonyl (C=O) groups excluding carboxylic acids is 1. The lowest BCUT2D eigenvalue weighted by Crippen LogP contribution is -2.32. The first kappa shape index (κ1) is 19.8. The lowest BCUT2D eigenvalue weighted by molar-refractivity contribution is -0.137. The summed E-state index contributed by atoms with van der Waals surface area (Å²) < 4.78 is 38.4. The number of hydrogen-bond donors (Lipinski definition) is 2. The van der Waals surface area contributed by atoms with Crippen molar-refractivity contribution in [3.63, 3.8) is 0 Å². The standard InChI is InChI=1S/C19H17Cl2F3N2O/c20-12-6-7-14(18(27)25-13-3-1-2-4-13)17(10-12)26-16-8-5-11(9-15(16)21)19(22,23)24/h5-10,13,26H,1-4H2,(H,25,27). The Kier molecular flexibility index (Phi) is 5.86. The highest BCUT2D eigenvalue weighted by Gasteiger charge is 2.31. The van der Waals surface area contributed by atoms with Crippen molar-refractivity contribution in [3.05, 3.63) is 57.6 Å². The van der Waals surface area contributed by atoms with Gasteiger partial charge < -0.3 is 10.6 Å². The van der Waals surface area contributed by atoms with Crippen molar-refractivity contribution in [2.75, 3.05) is 5.32 Å². The number of rotatable bonds is 4. The molecule has 0 heterocycles. The Bertz CT molecular complexity index is 849. The molecule has 3 nitrogen and oxygen atoms in total. The van der Waals surface area contributed by atoms with Crippen LogP contribution >= 0.6 is 23.2 Å². The molecule has 0 radical (unpaired) electrons. The third-order valence-electron chi connectivity index (χ3n) is 4.48. The van der Waals surface area contributed by atoms with Gasteiger partial charge in [0, 0.05) is 11.1 Å². The van der Waals surface area contributed by atoms with E-state index >= 15 is 0 Å². The Balaban J connectivity index is 1.86. The van der Waals surface area contributed by atoms with Crippen LogP contribution in [0.15, 0.2) is 36.4 Å². The highest BCUT2D eigenvalue weighted by molar-refractivity contribution is 6.33. The second-order valence-electron chi connectivity index (χ2n) is 6.46. The second-order valence-corrected chi connectivity index (χ2v) is 7.31.